The highest BCUT2D eigenvalue weighted by atomic mass is 35.5. The first kappa shape index (κ1) is 30.9. The molecule has 45 heavy (non-hydrogen) atoms. The number of nitrogens with two attached hydrogens (primary N) is 1. The summed E-state index contributed by atoms with van der Waals surface area (Å²) in [6.45, 7) is 2.59. The molecule has 9 nitrogen and oxygen atoms in total. The number of nitrogens with one attached hydrogen (secondary N) is 1. The highest BCUT2D eigenvalue weighted by molar-refractivity contribution is 6.32. The molecule has 13 heteroatoms. The van der Waals surface area contributed by atoms with E-state index >= 15 is 4.39 Å². The van der Waals surface area contributed by atoms with E-state index in [4.69, 9.17) is 38.4 Å². The molecule has 1 aliphatic heterocycles. The lowest BCUT2D eigenvalue weighted by molar-refractivity contribution is -0.123. The van der Waals surface area contributed by atoms with Gasteiger partial charge in [0, 0.05) is 22.1 Å². The van der Waals surface area contributed by atoms with Crippen LogP contribution in [0.1, 0.15) is 47.1 Å². The molecule has 0 radical (unpaired) electrons. The second kappa shape index (κ2) is 10.8. The summed E-state index contributed by atoms with van der Waals surface area (Å²) < 4.78 is 41.5. The average Bonchev–Trinajstić information content (AvgIpc) is 3.68. The van der Waals surface area contributed by atoms with Crippen molar-refractivity contribution in [2.75, 3.05) is 20.3 Å². The molecule has 2 atom stereocenters. The molecule has 6 rings (SSSR count). The van der Waals surface area contributed by atoms with Gasteiger partial charge in [-0.1, -0.05) is 23.2 Å². The van der Waals surface area contributed by atoms with E-state index in [0.29, 0.717) is 32.9 Å². The van der Waals surface area contributed by atoms with Gasteiger partial charge in [0.25, 0.3) is 5.91 Å². The zero-order valence-corrected chi connectivity index (χ0v) is 25.9. The van der Waals surface area contributed by atoms with Crippen molar-refractivity contribution in [1.29, 1.82) is 0 Å². The minimum Gasteiger partial charge on any atom is -0.494 e. The monoisotopic (exact) mass is 656 g/mol. The smallest absolute Gasteiger partial charge is 0.251 e. The number of pyridine rings is 2. The lowest BCUT2D eigenvalue weighted by atomic mass is 9.80. The molecule has 0 bridgehead atoms. The number of carbonyl (C=O) groups is 2. The summed E-state index contributed by atoms with van der Waals surface area (Å²) in [4.78, 5) is 35.1. The Bertz CT molecular complexity index is 1920. The quantitative estimate of drug-likeness (QED) is 0.234. The molecular weight excluding hydrogens is 629 g/mol. The number of nitrogens with zero attached hydrogens (tertiary/aromatic N) is 2. The molecule has 1 unspecified atom stereocenters. The van der Waals surface area contributed by atoms with Gasteiger partial charge in [0.15, 0.2) is 5.60 Å². The molecule has 2 amide bonds. The van der Waals surface area contributed by atoms with Gasteiger partial charge in [0.1, 0.15) is 46.2 Å². The van der Waals surface area contributed by atoms with Crippen LogP contribution in [0.15, 0.2) is 42.5 Å². The van der Waals surface area contributed by atoms with Crippen molar-refractivity contribution in [1.82, 2.24) is 15.3 Å². The SMILES string of the molecule is COc1cc(C(=O)NCC(O)(c2cc3c(c(-c4ccc(F)c(Cl)c4)n2)OC[C@]3(C)C(N)=O)C2(F)CC2)cc2cc(Cl)c(C)nc12. The largest absolute Gasteiger partial charge is 0.494 e. The number of hydrogen-bond acceptors (Lipinski definition) is 7. The molecule has 0 spiro atoms. The Morgan fingerprint density at radius 1 is 1.16 bits per heavy atom. The number of rotatable bonds is 8. The topological polar surface area (TPSA) is 137 Å². The summed E-state index contributed by atoms with van der Waals surface area (Å²) in [5, 5.41) is 15.5. The Balaban J connectivity index is 1.43. The summed E-state index contributed by atoms with van der Waals surface area (Å²) in [6.07, 6.45) is -0.0144. The fourth-order valence-electron chi connectivity index (χ4n) is 5.56. The van der Waals surface area contributed by atoms with Crippen LogP contribution in [0, 0.1) is 12.7 Å². The van der Waals surface area contributed by atoms with E-state index in [2.05, 4.69) is 15.3 Å². The maximum atomic E-state index is 16.2. The van der Waals surface area contributed by atoms with E-state index < -0.39 is 40.9 Å². The number of ether oxygens (including phenoxy) is 2. The second-order valence-electron chi connectivity index (χ2n) is 11.7. The predicted molar refractivity (Wildman–Crippen MR) is 164 cm³/mol. The van der Waals surface area contributed by atoms with Gasteiger partial charge < -0.3 is 25.6 Å². The van der Waals surface area contributed by atoms with Gasteiger partial charge in [0.2, 0.25) is 5.91 Å². The average molecular weight is 658 g/mol. The van der Waals surface area contributed by atoms with Crippen molar-refractivity contribution in [2.45, 2.75) is 43.4 Å². The highest BCUT2D eigenvalue weighted by Gasteiger charge is 2.62. The van der Waals surface area contributed by atoms with Crippen molar-refractivity contribution in [3.05, 3.63) is 80.8 Å². The molecule has 0 saturated heterocycles. The number of alkyl halides is 1. The minimum atomic E-state index is -2.35. The van der Waals surface area contributed by atoms with E-state index in [-0.39, 0.29) is 52.7 Å². The van der Waals surface area contributed by atoms with Gasteiger partial charge >= 0.3 is 0 Å². The summed E-state index contributed by atoms with van der Waals surface area (Å²) in [5.74, 6) is -1.52. The molecule has 2 aromatic carbocycles. The summed E-state index contributed by atoms with van der Waals surface area (Å²) in [5.41, 5.74) is 1.65. The van der Waals surface area contributed by atoms with Crippen LogP contribution in [0.5, 0.6) is 11.5 Å². The molecule has 2 aromatic heterocycles. The first-order valence-corrected chi connectivity index (χ1v) is 14.7. The van der Waals surface area contributed by atoms with E-state index in [9.17, 15) is 19.1 Å². The molecule has 4 N–H and O–H groups in total. The Kier molecular flexibility index (Phi) is 7.42. The molecular formula is C32H28Cl2F2N4O5. The van der Waals surface area contributed by atoms with Crippen molar-refractivity contribution in [3.8, 4) is 22.8 Å². The lowest BCUT2D eigenvalue weighted by Crippen LogP contribution is -2.49. The first-order chi connectivity index (χ1) is 21.2. The van der Waals surface area contributed by atoms with Gasteiger partial charge in [-0.15, -0.1) is 0 Å². The molecule has 234 valence electrons. The number of benzene rings is 2. The number of fused-ring (bicyclic) bond motifs is 2. The predicted octanol–water partition coefficient (Wildman–Crippen LogP) is 5.31. The molecule has 3 heterocycles. The highest BCUT2D eigenvalue weighted by Crippen LogP contribution is 2.55. The Morgan fingerprint density at radius 3 is 2.53 bits per heavy atom. The van der Waals surface area contributed by atoms with E-state index in [0.717, 1.165) is 6.07 Å². The number of aryl methyl sites for hydroxylation is 1. The summed E-state index contributed by atoms with van der Waals surface area (Å²) >= 11 is 12.3. The van der Waals surface area contributed by atoms with Gasteiger partial charge in [-0.3, -0.25) is 9.59 Å². The molecule has 1 saturated carbocycles. The van der Waals surface area contributed by atoms with E-state index in [1.807, 2.05) is 0 Å². The van der Waals surface area contributed by atoms with Crippen molar-refractivity contribution >= 4 is 45.9 Å². The van der Waals surface area contributed by atoms with Gasteiger partial charge in [0.05, 0.1) is 35.1 Å². The van der Waals surface area contributed by atoms with Crippen LogP contribution in [0.4, 0.5) is 8.78 Å². The van der Waals surface area contributed by atoms with E-state index in [1.54, 1.807) is 26.0 Å². The van der Waals surface area contributed by atoms with Crippen LogP contribution in [-0.2, 0) is 15.8 Å². The summed E-state index contributed by atoms with van der Waals surface area (Å²) in [6, 6.07) is 9.92. The van der Waals surface area contributed by atoms with Crippen LogP contribution < -0.4 is 20.5 Å². The Morgan fingerprint density at radius 2 is 1.89 bits per heavy atom. The van der Waals surface area contributed by atoms with Crippen LogP contribution in [0.25, 0.3) is 22.2 Å². The number of hydrogen-bond donors (Lipinski definition) is 3. The zero-order chi connectivity index (χ0) is 32.5. The third-order valence-corrected chi connectivity index (χ3v) is 9.33. The zero-order valence-electron chi connectivity index (χ0n) is 24.4. The Hall–Kier alpha value is -4.06. The lowest BCUT2D eigenvalue weighted by Gasteiger charge is -2.33. The fraction of sp³-hybridized carbons (Fsp3) is 0.312. The van der Waals surface area contributed by atoms with Crippen LogP contribution in [0.3, 0.4) is 0 Å². The number of methoxy groups -OCH3 is 1. The minimum absolute atomic E-state index is 0.00719. The number of amides is 2. The summed E-state index contributed by atoms with van der Waals surface area (Å²) in [7, 11) is 1.44. The maximum Gasteiger partial charge on any atom is 0.251 e. The normalized spacial score (nSPS) is 19.4. The number of halogens is 4. The second-order valence-corrected chi connectivity index (χ2v) is 12.5. The van der Waals surface area contributed by atoms with Crippen molar-refractivity contribution < 1.29 is 33.0 Å². The molecule has 4 aromatic rings. The maximum absolute atomic E-state index is 16.2. The fourth-order valence-corrected chi connectivity index (χ4v) is 5.90. The van der Waals surface area contributed by atoms with E-state index in [1.165, 1.54) is 31.4 Å². The third-order valence-electron chi connectivity index (χ3n) is 8.66. The number of aliphatic hydroxyl groups is 1. The first-order valence-electron chi connectivity index (χ1n) is 14.0. The van der Waals surface area contributed by atoms with Crippen LogP contribution in [-0.4, -0.2) is 52.8 Å². The van der Waals surface area contributed by atoms with Gasteiger partial charge in [-0.05, 0) is 69.2 Å². The number of aromatic nitrogens is 2. The Labute approximate surface area is 266 Å². The molecule has 1 fully saturated rings. The molecule has 2 aliphatic rings. The van der Waals surface area contributed by atoms with Crippen LogP contribution in [0.2, 0.25) is 10.0 Å². The standard InChI is InChI=1S/C32H28Cl2F2N4O5/c1-15-20(33)10-17-8-18(11-23(44-3)25(17)39-15)28(41)38-13-32(43,31(36)6-7-31)24-12-19-27(45-14-30(19,2)29(37)42)26(40-24)16-4-5-22(35)21(34)9-16/h4-5,8-12,43H,6-7,13-14H2,1-3H3,(H2,37,42)(H,38,41)/t30-,32?/m0/s1. The number of carbonyl (C=O) groups excluding carboxylic acids is 2. The third kappa shape index (κ3) is 5.03. The van der Waals surface area contributed by atoms with Gasteiger partial charge in [-0.25, -0.2) is 18.7 Å². The van der Waals surface area contributed by atoms with Crippen molar-refractivity contribution in [2.24, 2.45) is 5.73 Å². The van der Waals surface area contributed by atoms with Gasteiger partial charge in [-0.2, -0.15) is 0 Å². The van der Waals surface area contributed by atoms with Crippen LogP contribution >= 0.6 is 23.2 Å². The molecule has 1 aliphatic carbocycles. The van der Waals surface area contributed by atoms with Crippen molar-refractivity contribution in [3.63, 3.8) is 0 Å². The number of primary amides is 1.